The molecule has 4 nitrogen and oxygen atoms in total. The minimum absolute atomic E-state index is 0.0442. The third-order valence-corrected chi connectivity index (χ3v) is 5.00. The van der Waals surface area contributed by atoms with Gasteiger partial charge >= 0.3 is 0 Å². The number of anilines is 1. The van der Waals surface area contributed by atoms with E-state index in [1.54, 1.807) is 11.8 Å². The van der Waals surface area contributed by atoms with Crippen molar-refractivity contribution in [3.05, 3.63) is 40.4 Å². The maximum atomic E-state index is 12.1. The summed E-state index contributed by atoms with van der Waals surface area (Å²) in [7, 11) is 0. The van der Waals surface area contributed by atoms with Crippen LogP contribution in [-0.2, 0) is 24.2 Å². The van der Waals surface area contributed by atoms with Gasteiger partial charge in [-0.3, -0.25) is 4.79 Å². The van der Waals surface area contributed by atoms with Gasteiger partial charge < -0.3 is 11.1 Å². The second kappa shape index (κ2) is 19.0. The number of hydrogen-bond acceptors (Lipinski definition) is 5. The van der Waals surface area contributed by atoms with Crippen molar-refractivity contribution in [3.8, 4) is 0 Å². The van der Waals surface area contributed by atoms with Crippen molar-refractivity contribution >= 4 is 34.1 Å². The van der Waals surface area contributed by atoms with Crippen LogP contribution in [0.3, 0.4) is 0 Å². The number of carbonyl (C=O) groups excluding carboxylic acids is 1. The van der Waals surface area contributed by atoms with Gasteiger partial charge in [-0.15, -0.1) is 23.1 Å². The van der Waals surface area contributed by atoms with Crippen LogP contribution in [0, 0.1) is 0 Å². The molecule has 0 unspecified atom stereocenters. The van der Waals surface area contributed by atoms with Gasteiger partial charge in [0.25, 0.3) is 0 Å². The third kappa shape index (κ3) is 10.8. The van der Waals surface area contributed by atoms with Crippen LogP contribution in [0.5, 0.6) is 0 Å². The molecule has 0 aliphatic heterocycles. The first-order chi connectivity index (χ1) is 13.7. The summed E-state index contributed by atoms with van der Waals surface area (Å²) in [5.74, 6) is -0.0442. The molecule has 0 aliphatic carbocycles. The van der Waals surface area contributed by atoms with Gasteiger partial charge in [-0.2, -0.15) is 0 Å². The highest BCUT2D eigenvalue weighted by Gasteiger charge is 2.12. The molecule has 6 heteroatoms. The molecule has 0 fully saturated rings. The summed E-state index contributed by atoms with van der Waals surface area (Å²) in [5.41, 5.74) is 7.74. The number of rotatable bonds is 7. The molecule has 1 heterocycles. The van der Waals surface area contributed by atoms with Gasteiger partial charge in [-0.25, -0.2) is 4.98 Å². The Kier molecular flexibility index (Phi) is 19.5. The fourth-order valence-electron chi connectivity index (χ4n) is 2.12. The van der Waals surface area contributed by atoms with E-state index < -0.39 is 0 Å². The van der Waals surface area contributed by atoms with Crippen molar-refractivity contribution in [2.24, 2.45) is 5.73 Å². The summed E-state index contributed by atoms with van der Waals surface area (Å²) in [4.78, 5) is 18.9. The van der Waals surface area contributed by atoms with Crippen LogP contribution in [0.15, 0.2) is 29.2 Å². The number of nitrogens with one attached hydrogen (secondary N) is 1. The average Bonchev–Trinajstić information content (AvgIpc) is 3.14. The number of aromatic nitrogens is 1. The molecule has 3 N–H and O–H groups in total. The predicted octanol–water partition coefficient (Wildman–Crippen LogP) is 6.54. The molecule has 0 aliphatic rings. The second-order valence-corrected chi connectivity index (χ2v) is 6.88. The summed E-state index contributed by atoms with van der Waals surface area (Å²) in [6.45, 7) is 14.6. The molecule has 1 amide bonds. The summed E-state index contributed by atoms with van der Waals surface area (Å²) < 4.78 is 0. The highest BCUT2D eigenvalue weighted by atomic mass is 32.2. The minimum atomic E-state index is -0.0442. The van der Waals surface area contributed by atoms with Crippen LogP contribution in [0.4, 0.5) is 5.13 Å². The van der Waals surface area contributed by atoms with Crippen molar-refractivity contribution in [1.29, 1.82) is 0 Å². The van der Waals surface area contributed by atoms with Crippen molar-refractivity contribution in [2.75, 3.05) is 11.6 Å². The molecule has 0 saturated heterocycles. The summed E-state index contributed by atoms with van der Waals surface area (Å²) in [6, 6.07) is 8.04. The van der Waals surface area contributed by atoms with Gasteiger partial charge in [0, 0.05) is 16.3 Å². The zero-order valence-corrected chi connectivity index (χ0v) is 20.5. The van der Waals surface area contributed by atoms with Crippen molar-refractivity contribution in [2.45, 2.75) is 79.2 Å². The zero-order chi connectivity index (χ0) is 21.9. The molecule has 160 valence electrons. The number of thioether (sulfide) groups is 1. The number of nitrogens with two attached hydrogens (primary N) is 1. The first-order valence-electron chi connectivity index (χ1n) is 10.3. The Bertz CT molecular complexity index is 625. The van der Waals surface area contributed by atoms with Crippen molar-refractivity contribution in [1.82, 2.24) is 4.98 Å². The number of thiazole rings is 1. The lowest BCUT2D eigenvalue weighted by Crippen LogP contribution is -2.14. The highest BCUT2D eigenvalue weighted by molar-refractivity contribution is 7.98. The van der Waals surface area contributed by atoms with Crippen LogP contribution >= 0.6 is 23.1 Å². The molecule has 2 rings (SSSR count). The van der Waals surface area contributed by atoms with Crippen LogP contribution < -0.4 is 11.1 Å². The van der Waals surface area contributed by atoms with Crippen molar-refractivity contribution in [3.63, 3.8) is 0 Å². The van der Waals surface area contributed by atoms with E-state index in [-0.39, 0.29) is 5.91 Å². The number of nitrogens with zero attached hydrogens (tertiary/aromatic N) is 1. The monoisotopic (exact) mass is 425 g/mol. The van der Waals surface area contributed by atoms with Crippen LogP contribution in [0.2, 0.25) is 0 Å². The van der Waals surface area contributed by atoms with E-state index in [2.05, 4.69) is 17.2 Å². The first kappa shape index (κ1) is 28.8. The summed E-state index contributed by atoms with van der Waals surface area (Å²) in [5, 5.41) is 3.53. The van der Waals surface area contributed by atoms with Gasteiger partial charge in [0.2, 0.25) is 5.91 Å². The van der Waals surface area contributed by atoms with Crippen LogP contribution in [0.25, 0.3) is 0 Å². The Morgan fingerprint density at radius 1 is 1.11 bits per heavy atom. The number of benzene rings is 1. The lowest BCUT2D eigenvalue weighted by molar-refractivity contribution is -0.115. The minimum Gasteiger partial charge on any atom is -0.326 e. The van der Waals surface area contributed by atoms with E-state index >= 15 is 0 Å². The first-order valence-corrected chi connectivity index (χ1v) is 12.3. The molecule has 0 bridgehead atoms. The molecule has 1 aromatic carbocycles. The van der Waals surface area contributed by atoms with Crippen molar-refractivity contribution < 1.29 is 4.79 Å². The number of aryl methyl sites for hydroxylation is 1. The van der Waals surface area contributed by atoms with E-state index in [1.165, 1.54) is 16.2 Å². The van der Waals surface area contributed by atoms with E-state index in [0.29, 0.717) is 18.1 Å². The molecule has 28 heavy (non-hydrogen) atoms. The van der Waals surface area contributed by atoms with Gasteiger partial charge in [-0.1, -0.05) is 67.0 Å². The number of amides is 1. The zero-order valence-electron chi connectivity index (χ0n) is 18.9. The SMILES string of the molecule is CC.CC.CC.CCCc1nc(NC(=O)Cc2ccc(SC)cc2)sc1CN. The Hall–Kier alpha value is -1.37. The Labute approximate surface area is 180 Å². The molecule has 0 saturated carbocycles. The topological polar surface area (TPSA) is 68.0 Å². The lowest BCUT2D eigenvalue weighted by Gasteiger charge is -2.03. The molecule has 0 spiro atoms. The second-order valence-electron chi connectivity index (χ2n) is 4.92. The Balaban J connectivity index is 0. The highest BCUT2D eigenvalue weighted by Crippen LogP contribution is 2.24. The van der Waals surface area contributed by atoms with Gasteiger partial charge in [0.05, 0.1) is 12.1 Å². The lowest BCUT2D eigenvalue weighted by atomic mass is 10.1. The summed E-state index contributed by atoms with van der Waals surface area (Å²) >= 11 is 3.16. The largest absolute Gasteiger partial charge is 0.326 e. The predicted molar refractivity (Wildman–Crippen MR) is 129 cm³/mol. The van der Waals surface area contributed by atoms with Gasteiger partial charge in [0.1, 0.15) is 0 Å². The summed E-state index contributed by atoms with van der Waals surface area (Å²) in [6.07, 6.45) is 4.31. The maximum Gasteiger partial charge on any atom is 0.230 e. The normalized spacial score (nSPS) is 9.04. The Morgan fingerprint density at radius 2 is 1.68 bits per heavy atom. The fourth-order valence-corrected chi connectivity index (χ4v) is 3.43. The Morgan fingerprint density at radius 3 is 2.14 bits per heavy atom. The third-order valence-electron chi connectivity index (χ3n) is 3.22. The van der Waals surface area contributed by atoms with Gasteiger partial charge in [-0.05, 0) is 30.4 Å². The molecule has 0 radical (unpaired) electrons. The quantitative estimate of drug-likeness (QED) is 0.494. The van der Waals surface area contributed by atoms with E-state index in [0.717, 1.165) is 29.0 Å². The fraction of sp³-hybridized carbons (Fsp3) is 0.545. The molecule has 0 atom stereocenters. The molecule has 2 aromatic rings. The molecular formula is C22H39N3OS2. The maximum absolute atomic E-state index is 12.1. The van der Waals surface area contributed by atoms with Crippen LogP contribution in [-0.4, -0.2) is 17.1 Å². The van der Waals surface area contributed by atoms with E-state index in [1.807, 2.05) is 72.1 Å². The van der Waals surface area contributed by atoms with E-state index in [9.17, 15) is 4.79 Å². The van der Waals surface area contributed by atoms with Crippen LogP contribution in [0.1, 0.15) is 71.0 Å². The average molecular weight is 426 g/mol. The smallest absolute Gasteiger partial charge is 0.230 e. The standard InChI is InChI=1S/C16H21N3OS2.3C2H6/c1-3-4-13-14(10-17)22-16(18-13)19-15(20)9-11-5-7-12(21-2)8-6-11;3*1-2/h5-8H,3-4,9-10,17H2,1-2H3,(H,18,19,20);3*1-2H3. The molecular weight excluding hydrogens is 386 g/mol. The van der Waals surface area contributed by atoms with Gasteiger partial charge in [0.15, 0.2) is 5.13 Å². The number of hydrogen-bond donors (Lipinski definition) is 2. The number of carbonyl (C=O) groups is 1. The van der Waals surface area contributed by atoms with E-state index in [4.69, 9.17) is 5.73 Å². The molecule has 1 aromatic heterocycles.